The van der Waals surface area contributed by atoms with Crippen LogP contribution in [0.1, 0.15) is 34.1 Å². The Morgan fingerprint density at radius 1 is 1.03 bits per heavy atom. The second-order valence-electron chi connectivity index (χ2n) is 7.78. The van der Waals surface area contributed by atoms with Gasteiger partial charge in [-0.15, -0.1) is 5.10 Å². The van der Waals surface area contributed by atoms with Crippen molar-refractivity contribution in [1.29, 1.82) is 0 Å². The topological polar surface area (TPSA) is 109 Å². The van der Waals surface area contributed by atoms with Crippen LogP contribution in [0.2, 0.25) is 0 Å². The lowest BCUT2D eigenvalue weighted by atomic mass is 10.00. The van der Waals surface area contributed by atoms with Crippen LogP contribution in [-0.2, 0) is 17.8 Å². The number of aromatic nitrogens is 3. The molecule has 3 aromatic carbocycles. The fourth-order valence-corrected chi connectivity index (χ4v) is 3.67. The van der Waals surface area contributed by atoms with Crippen molar-refractivity contribution in [3.8, 4) is 0 Å². The summed E-state index contributed by atoms with van der Waals surface area (Å²) in [5.74, 6) is -3.05. The number of benzene rings is 3. The van der Waals surface area contributed by atoms with Gasteiger partial charge in [-0.05, 0) is 34.9 Å². The predicted molar refractivity (Wildman–Crippen MR) is 119 cm³/mol. The molecule has 0 radical (unpaired) electrons. The molecule has 0 saturated heterocycles. The third-order valence-electron chi connectivity index (χ3n) is 5.37. The number of nitrogens with zero attached hydrogens (tertiary/aromatic N) is 3. The minimum absolute atomic E-state index is 0.0511. The molecule has 3 N–H and O–H groups in total. The van der Waals surface area contributed by atoms with Gasteiger partial charge in [-0.3, -0.25) is 14.8 Å². The molecule has 8 nitrogen and oxygen atoms in total. The number of nitrogens with one attached hydrogen (secondary N) is 2. The van der Waals surface area contributed by atoms with E-state index in [-0.39, 0.29) is 18.5 Å². The van der Waals surface area contributed by atoms with E-state index in [2.05, 4.69) is 15.6 Å². The first-order chi connectivity index (χ1) is 16.4. The van der Waals surface area contributed by atoms with Crippen molar-refractivity contribution in [3.05, 3.63) is 95.3 Å². The molecule has 0 aliphatic heterocycles. The summed E-state index contributed by atoms with van der Waals surface area (Å²) in [7, 11) is 0. The minimum atomic E-state index is -0.966. The molecule has 0 spiro atoms. The van der Waals surface area contributed by atoms with Gasteiger partial charge in [0.15, 0.2) is 0 Å². The van der Waals surface area contributed by atoms with Gasteiger partial charge in [0.2, 0.25) is 5.91 Å². The summed E-state index contributed by atoms with van der Waals surface area (Å²) in [5.41, 5.74) is 2.69. The van der Waals surface area contributed by atoms with E-state index in [0.29, 0.717) is 18.2 Å². The molecule has 1 heterocycles. The number of carbonyl (C=O) groups is 2. The number of halogens is 2. The van der Waals surface area contributed by atoms with Gasteiger partial charge >= 0.3 is 0 Å². The predicted octanol–water partition coefficient (Wildman–Crippen LogP) is 3.32. The van der Waals surface area contributed by atoms with Gasteiger partial charge in [0.05, 0.1) is 30.8 Å². The highest BCUT2D eigenvalue weighted by Crippen LogP contribution is 2.22. The monoisotopic (exact) mass is 465 g/mol. The average Bonchev–Trinajstić information content (AvgIpc) is 3.31. The van der Waals surface area contributed by atoms with Gasteiger partial charge < -0.3 is 5.32 Å². The van der Waals surface area contributed by atoms with Crippen molar-refractivity contribution in [3.63, 3.8) is 0 Å². The average molecular weight is 465 g/mol. The highest BCUT2D eigenvalue weighted by atomic mass is 19.1. The van der Waals surface area contributed by atoms with Gasteiger partial charge in [0.25, 0.3) is 5.91 Å². The van der Waals surface area contributed by atoms with Crippen LogP contribution in [0.3, 0.4) is 0 Å². The fraction of sp³-hybridized carbons (Fsp3) is 0.167. The third-order valence-corrected chi connectivity index (χ3v) is 5.37. The van der Waals surface area contributed by atoms with Crippen molar-refractivity contribution in [1.82, 2.24) is 25.8 Å². The molecule has 1 atom stereocenters. The van der Waals surface area contributed by atoms with E-state index < -0.39 is 29.5 Å². The molecule has 0 saturated carbocycles. The first-order valence-corrected chi connectivity index (χ1v) is 10.5. The molecule has 0 unspecified atom stereocenters. The minimum Gasteiger partial charge on any atom is -0.346 e. The van der Waals surface area contributed by atoms with E-state index in [0.717, 1.165) is 28.5 Å². The standard InChI is InChI=1S/C24H21F2N5O3/c25-18-7-8-21(22(26)11-18)24(33)27-13-19-14-31(30-28-19)20(12-23(32)29-34)10-15-5-6-16-3-1-2-4-17(16)9-15/h1-9,11,14,20,34H,10,12-13H2,(H,27,33)(H,29,32)/t20-/m1/s1. The number of hydrogen-bond acceptors (Lipinski definition) is 5. The molecule has 0 bridgehead atoms. The van der Waals surface area contributed by atoms with Crippen LogP contribution in [-0.4, -0.2) is 32.0 Å². The molecule has 4 aromatic rings. The molecule has 10 heteroatoms. The Hall–Kier alpha value is -4.18. The highest BCUT2D eigenvalue weighted by Gasteiger charge is 2.19. The summed E-state index contributed by atoms with van der Waals surface area (Å²) < 4.78 is 28.3. The Bertz CT molecular complexity index is 1340. The van der Waals surface area contributed by atoms with Gasteiger partial charge in [0.1, 0.15) is 17.3 Å². The Kier molecular flexibility index (Phi) is 6.88. The van der Waals surface area contributed by atoms with Crippen LogP contribution in [0.15, 0.2) is 66.9 Å². The van der Waals surface area contributed by atoms with Crippen LogP contribution in [0.4, 0.5) is 8.78 Å². The number of hydrogen-bond donors (Lipinski definition) is 3. The number of carbonyl (C=O) groups excluding carboxylic acids is 2. The molecule has 2 amide bonds. The molecule has 1 aromatic heterocycles. The maximum Gasteiger partial charge on any atom is 0.254 e. The van der Waals surface area contributed by atoms with E-state index in [1.165, 1.54) is 4.68 Å². The lowest BCUT2D eigenvalue weighted by molar-refractivity contribution is -0.130. The van der Waals surface area contributed by atoms with Gasteiger partial charge in [-0.2, -0.15) is 0 Å². The Balaban J connectivity index is 1.48. The Morgan fingerprint density at radius 3 is 2.59 bits per heavy atom. The molecular weight excluding hydrogens is 444 g/mol. The van der Waals surface area contributed by atoms with Crippen LogP contribution in [0.25, 0.3) is 10.8 Å². The molecule has 174 valence electrons. The van der Waals surface area contributed by atoms with Gasteiger partial charge in [-0.25, -0.2) is 18.9 Å². The summed E-state index contributed by atoms with van der Waals surface area (Å²) in [6.45, 7) is -0.0511. The van der Waals surface area contributed by atoms with Crippen molar-refractivity contribution >= 4 is 22.6 Å². The van der Waals surface area contributed by atoms with Crippen molar-refractivity contribution in [2.45, 2.75) is 25.4 Å². The zero-order valence-electron chi connectivity index (χ0n) is 17.9. The van der Waals surface area contributed by atoms with Crippen LogP contribution >= 0.6 is 0 Å². The number of hydroxylamine groups is 1. The lowest BCUT2D eigenvalue weighted by Gasteiger charge is -2.16. The zero-order chi connectivity index (χ0) is 24.1. The molecule has 0 fully saturated rings. The zero-order valence-corrected chi connectivity index (χ0v) is 17.9. The quantitative estimate of drug-likeness (QED) is 0.273. The van der Waals surface area contributed by atoms with E-state index in [1.807, 2.05) is 42.5 Å². The molecular formula is C24H21F2N5O3. The smallest absolute Gasteiger partial charge is 0.254 e. The fourth-order valence-electron chi connectivity index (χ4n) is 3.67. The molecule has 4 rings (SSSR count). The van der Waals surface area contributed by atoms with E-state index >= 15 is 0 Å². The SMILES string of the molecule is O=C(C[C@@H](Cc1ccc2ccccc2c1)n1cc(CNC(=O)c2ccc(F)cc2F)nn1)NO. The summed E-state index contributed by atoms with van der Waals surface area (Å²) in [6, 6.07) is 16.1. The van der Waals surface area contributed by atoms with Crippen LogP contribution in [0, 0.1) is 11.6 Å². The maximum atomic E-state index is 13.8. The molecule has 0 aliphatic rings. The number of rotatable bonds is 8. The third kappa shape index (κ3) is 5.41. The first kappa shape index (κ1) is 23.0. The maximum absolute atomic E-state index is 13.8. The van der Waals surface area contributed by atoms with E-state index in [9.17, 15) is 18.4 Å². The highest BCUT2D eigenvalue weighted by molar-refractivity contribution is 5.94. The largest absolute Gasteiger partial charge is 0.346 e. The Labute approximate surface area is 193 Å². The first-order valence-electron chi connectivity index (χ1n) is 10.5. The van der Waals surface area contributed by atoms with E-state index in [4.69, 9.17) is 5.21 Å². The summed E-state index contributed by atoms with van der Waals surface area (Å²) >= 11 is 0. The second-order valence-corrected chi connectivity index (χ2v) is 7.78. The summed E-state index contributed by atoms with van der Waals surface area (Å²) in [4.78, 5) is 24.1. The summed E-state index contributed by atoms with van der Waals surface area (Å²) in [6.07, 6.45) is 1.95. The molecule has 34 heavy (non-hydrogen) atoms. The summed E-state index contributed by atoms with van der Waals surface area (Å²) in [5, 5.41) is 21.7. The van der Waals surface area contributed by atoms with Crippen molar-refractivity contribution in [2.75, 3.05) is 0 Å². The number of fused-ring (bicyclic) bond motifs is 1. The van der Waals surface area contributed by atoms with Crippen LogP contribution < -0.4 is 10.8 Å². The molecule has 0 aliphatic carbocycles. The second kappa shape index (κ2) is 10.2. The van der Waals surface area contributed by atoms with Crippen molar-refractivity contribution in [2.24, 2.45) is 0 Å². The van der Waals surface area contributed by atoms with E-state index in [1.54, 1.807) is 11.7 Å². The van der Waals surface area contributed by atoms with Crippen LogP contribution in [0.5, 0.6) is 0 Å². The number of amides is 2. The Morgan fingerprint density at radius 2 is 1.82 bits per heavy atom. The lowest BCUT2D eigenvalue weighted by Crippen LogP contribution is -2.25. The van der Waals surface area contributed by atoms with Gasteiger partial charge in [0, 0.05) is 6.07 Å². The normalized spacial score (nSPS) is 11.9. The van der Waals surface area contributed by atoms with Gasteiger partial charge in [-0.1, -0.05) is 47.7 Å². The van der Waals surface area contributed by atoms with Crippen molar-refractivity contribution < 1.29 is 23.6 Å².